The first-order valence-electron chi connectivity index (χ1n) is 10.8. The van der Waals surface area contributed by atoms with Gasteiger partial charge in [0.05, 0.1) is 25.3 Å². The second-order valence-electron chi connectivity index (χ2n) is 10.2. The molecule has 2 atom stereocenters. The van der Waals surface area contributed by atoms with Gasteiger partial charge < -0.3 is 24.0 Å². The Kier molecular flexibility index (Phi) is 6.40. The van der Waals surface area contributed by atoms with Crippen LogP contribution in [0.15, 0.2) is 12.1 Å². The summed E-state index contributed by atoms with van der Waals surface area (Å²) in [5.74, 6) is -1.02. The summed E-state index contributed by atoms with van der Waals surface area (Å²) in [7, 11) is 1.33. The molecule has 2 aliphatic rings. The molecule has 0 radical (unpaired) electrons. The molecule has 0 unspecified atom stereocenters. The predicted molar refractivity (Wildman–Crippen MR) is 118 cm³/mol. The van der Waals surface area contributed by atoms with Crippen LogP contribution in [0, 0.1) is 11.3 Å². The Morgan fingerprint density at radius 2 is 1.78 bits per heavy atom. The van der Waals surface area contributed by atoms with Crippen LogP contribution in [0.4, 0.5) is 10.5 Å². The highest BCUT2D eigenvalue weighted by atomic mass is 16.6. The molecule has 1 saturated heterocycles. The number of nitrogens with zero attached hydrogens (tertiary/aromatic N) is 3. The van der Waals surface area contributed by atoms with E-state index < -0.39 is 29.0 Å². The molecule has 1 aromatic heterocycles. The zero-order valence-corrected chi connectivity index (χ0v) is 19.9. The number of hydrogen-bond acceptors (Lipinski definition) is 7. The minimum atomic E-state index is -0.642. The summed E-state index contributed by atoms with van der Waals surface area (Å²) < 4.78 is 16.2. The molecule has 0 aromatic carbocycles. The van der Waals surface area contributed by atoms with Gasteiger partial charge in [0.1, 0.15) is 17.9 Å². The highest BCUT2D eigenvalue weighted by Crippen LogP contribution is 2.38. The molecule has 1 fully saturated rings. The van der Waals surface area contributed by atoms with Crippen molar-refractivity contribution in [3.8, 4) is 5.88 Å². The van der Waals surface area contributed by atoms with E-state index in [2.05, 4.69) is 4.98 Å². The highest BCUT2D eigenvalue weighted by molar-refractivity contribution is 5.98. The first-order chi connectivity index (χ1) is 14.8. The van der Waals surface area contributed by atoms with Gasteiger partial charge in [-0.15, -0.1) is 0 Å². The fourth-order valence-corrected chi connectivity index (χ4v) is 3.90. The number of amides is 2. The molecular formula is C23H33N3O6. The molecule has 176 valence electrons. The lowest BCUT2D eigenvalue weighted by Gasteiger charge is -2.33. The molecule has 3 rings (SSSR count). The van der Waals surface area contributed by atoms with Crippen molar-refractivity contribution in [1.29, 1.82) is 0 Å². The Morgan fingerprint density at radius 3 is 2.38 bits per heavy atom. The number of pyridine rings is 1. The number of hydrogen-bond donors (Lipinski definition) is 0. The second kappa shape index (κ2) is 8.60. The van der Waals surface area contributed by atoms with E-state index in [-0.39, 0.29) is 24.9 Å². The summed E-state index contributed by atoms with van der Waals surface area (Å²) in [6, 6.07) is 3.58. The van der Waals surface area contributed by atoms with E-state index in [1.807, 2.05) is 20.8 Å². The van der Waals surface area contributed by atoms with E-state index in [4.69, 9.17) is 14.2 Å². The van der Waals surface area contributed by atoms with Gasteiger partial charge in [-0.25, -0.2) is 9.78 Å². The van der Waals surface area contributed by atoms with Crippen LogP contribution < -0.4 is 9.64 Å². The van der Waals surface area contributed by atoms with Crippen molar-refractivity contribution in [2.75, 3.05) is 38.3 Å². The fraction of sp³-hybridized carbons (Fsp3) is 0.652. The van der Waals surface area contributed by atoms with Crippen molar-refractivity contribution in [1.82, 2.24) is 9.88 Å². The van der Waals surface area contributed by atoms with Crippen molar-refractivity contribution in [2.24, 2.45) is 11.3 Å². The van der Waals surface area contributed by atoms with Crippen LogP contribution in [0.1, 0.15) is 53.2 Å². The predicted octanol–water partition coefficient (Wildman–Crippen LogP) is 2.98. The Bertz CT molecular complexity index is 902. The molecule has 9 nitrogen and oxygen atoms in total. The van der Waals surface area contributed by atoms with Crippen molar-refractivity contribution in [3.63, 3.8) is 0 Å². The number of rotatable bonds is 2. The average Bonchev–Trinajstić information content (AvgIpc) is 3.15. The topological polar surface area (TPSA) is 98.3 Å². The van der Waals surface area contributed by atoms with E-state index in [0.717, 1.165) is 0 Å². The average molecular weight is 448 g/mol. The molecule has 2 amide bonds. The van der Waals surface area contributed by atoms with E-state index in [0.29, 0.717) is 30.4 Å². The number of carbonyl (C=O) groups excluding carboxylic acids is 3. The number of methoxy groups -OCH3 is 1. The maximum Gasteiger partial charge on any atom is 0.410 e. The van der Waals surface area contributed by atoms with E-state index in [9.17, 15) is 14.4 Å². The molecule has 0 aliphatic carbocycles. The molecule has 0 bridgehead atoms. The summed E-state index contributed by atoms with van der Waals surface area (Å²) >= 11 is 0. The van der Waals surface area contributed by atoms with Gasteiger partial charge in [0, 0.05) is 24.4 Å². The standard InChI is InChI=1S/C23H33N3O6/c1-22(2,3)20(28)26-10-11-31-18-17(26)9-8-16(24-18)14-12-25(13-15(14)19(27)30-7)21(29)32-23(4,5)6/h8-9,14-15H,10-13H2,1-7H3/t14-,15-/m0/s1. The first kappa shape index (κ1) is 23.8. The van der Waals surface area contributed by atoms with Crippen LogP contribution in [0.2, 0.25) is 0 Å². The quantitative estimate of drug-likeness (QED) is 0.643. The lowest BCUT2D eigenvalue weighted by atomic mass is 9.92. The Balaban J connectivity index is 1.89. The second-order valence-corrected chi connectivity index (χ2v) is 10.2. The fourth-order valence-electron chi connectivity index (χ4n) is 3.90. The summed E-state index contributed by atoms with van der Waals surface area (Å²) in [5.41, 5.74) is 0.0336. The Hall–Kier alpha value is -2.84. The normalized spacial score (nSPS) is 21.0. The minimum Gasteiger partial charge on any atom is -0.474 e. The summed E-state index contributed by atoms with van der Waals surface area (Å²) in [5, 5.41) is 0. The Labute approximate surface area is 189 Å². The van der Waals surface area contributed by atoms with Crippen molar-refractivity contribution in [2.45, 2.75) is 53.1 Å². The van der Waals surface area contributed by atoms with Gasteiger partial charge in [-0.1, -0.05) is 20.8 Å². The molecule has 0 spiro atoms. The van der Waals surface area contributed by atoms with Crippen molar-refractivity contribution < 1.29 is 28.6 Å². The van der Waals surface area contributed by atoms with Gasteiger partial charge in [-0.2, -0.15) is 0 Å². The zero-order valence-electron chi connectivity index (χ0n) is 19.9. The van der Waals surface area contributed by atoms with E-state index in [1.165, 1.54) is 12.0 Å². The third-order valence-electron chi connectivity index (χ3n) is 5.45. The number of anilines is 1. The van der Waals surface area contributed by atoms with Gasteiger partial charge in [-0.3, -0.25) is 9.59 Å². The zero-order chi connectivity index (χ0) is 23.8. The maximum absolute atomic E-state index is 12.9. The number of esters is 1. The smallest absolute Gasteiger partial charge is 0.410 e. The van der Waals surface area contributed by atoms with Crippen LogP contribution in [0.3, 0.4) is 0 Å². The minimum absolute atomic E-state index is 0.0130. The molecule has 3 heterocycles. The van der Waals surface area contributed by atoms with Crippen LogP contribution >= 0.6 is 0 Å². The van der Waals surface area contributed by atoms with Gasteiger partial charge in [0.25, 0.3) is 0 Å². The molecule has 0 saturated carbocycles. The number of ether oxygens (including phenoxy) is 3. The molecule has 9 heteroatoms. The molecule has 0 N–H and O–H groups in total. The lowest BCUT2D eigenvalue weighted by molar-refractivity contribution is -0.145. The van der Waals surface area contributed by atoms with Gasteiger partial charge in [0.2, 0.25) is 11.8 Å². The number of carbonyl (C=O) groups is 3. The third-order valence-corrected chi connectivity index (χ3v) is 5.45. The highest BCUT2D eigenvalue weighted by Gasteiger charge is 2.44. The number of likely N-dealkylation sites (tertiary alicyclic amines) is 1. The van der Waals surface area contributed by atoms with Crippen LogP contribution in [0.5, 0.6) is 5.88 Å². The molecular weight excluding hydrogens is 414 g/mol. The van der Waals surface area contributed by atoms with Crippen molar-refractivity contribution >= 4 is 23.7 Å². The van der Waals surface area contributed by atoms with Gasteiger partial charge in [0.15, 0.2) is 0 Å². The van der Waals surface area contributed by atoms with Crippen LogP contribution in [-0.4, -0.2) is 66.8 Å². The Morgan fingerprint density at radius 1 is 1.09 bits per heavy atom. The van der Waals surface area contributed by atoms with Gasteiger partial charge >= 0.3 is 12.1 Å². The van der Waals surface area contributed by atoms with Crippen molar-refractivity contribution in [3.05, 3.63) is 17.8 Å². The summed E-state index contributed by atoms with van der Waals surface area (Å²) in [6.45, 7) is 12.2. The molecule has 2 aliphatic heterocycles. The van der Waals surface area contributed by atoms with E-state index >= 15 is 0 Å². The van der Waals surface area contributed by atoms with E-state index in [1.54, 1.807) is 37.8 Å². The molecule has 32 heavy (non-hydrogen) atoms. The van der Waals surface area contributed by atoms with Gasteiger partial charge in [-0.05, 0) is 32.9 Å². The first-order valence-corrected chi connectivity index (χ1v) is 10.8. The number of fused-ring (bicyclic) bond motifs is 1. The summed E-state index contributed by atoms with van der Waals surface area (Å²) in [6.07, 6.45) is -0.481. The number of aromatic nitrogens is 1. The lowest BCUT2D eigenvalue weighted by Crippen LogP contribution is -2.44. The van der Waals surface area contributed by atoms with Crippen LogP contribution in [-0.2, 0) is 19.1 Å². The summed E-state index contributed by atoms with van der Waals surface area (Å²) in [4.78, 5) is 45.8. The van der Waals surface area contributed by atoms with Crippen LogP contribution in [0.25, 0.3) is 0 Å². The molecule has 1 aromatic rings. The third kappa shape index (κ3) is 4.97. The maximum atomic E-state index is 12.9. The monoisotopic (exact) mass is 447 g/mol. The largest absolute Gasteiger partial charge is 0.474 e. The SMILES string of the molecule is COC(=O)[C@H]1CN(C(=O)OC(C)(C)C)C[C@@H]1c1ccc2c(n1)OCCN2C(=O)C(C)(C)C.